The summed E-state index contributed by atoms with van der Waals surface area (Å²) < 4.78 is 0.154. The predicted octanol–water partition coefficient (Wildman–Crippen LogP) is 1.47. The molecule has 4 heteroatoms. The van der Waals surface area contributed by atoms with Crippen molar-refractivity contribution in [3.8, 4) is 0 Å². The minimum atomic E-state index is 0.154. The van der Waals surface area contributed by atoms with Crippen LogP contribution in [0, 0.1) is 0 Å². The molecular formula is C11H22N2OS. The predicted molar refractivity (Wildman–Crippen MR) is 66.0 cm³/mol. The maximum atomic E-state index is 11.9. The minimum absolute atomic E-state index is 0.154. The Morgan fingerprint density at radius 2 is 2.13 bits per heavy atom. The molecule has 0 radical (unpaired) electrons. The van der Waals surface area contributed by atoms with Gasteiger partial charge in [0.15, 0.2) is 0 Å². The van der Waals surface area contributed by atoms with Gasteiger partial charge >= 0.3 is 0 Å². The van der Waals surface area contributed by atoms with E-state index in [1.807, 2.05) is 11.8 Å². The maximum absolute atomic E-state index is 11.9. The third kappa shape index (κ3) is 3.68. The smallest absolute Gasteiger partial charge is 0.232 e. The van der Waals surface area contributed by atoms with Crippen LogP contribution in [0.5, 0.6) is 0 Å². The summed E-state index contributed by atoms with van der Waals surface area (Å²) in [5, 5.41) is 0. The molecule has 0 aromatic heterocycles. The average molecular weight is 230 g/mol. The molecule has 88 valence electrons. The summed E-state index contributed by atoms with van der Waals surface area (Å²) in [5.41, 5.74) is 5.89. The minimum Gasteiger partial charge on any atom is -0.338 e. The molecular weight excluding hydrogens is 208 g/mol. The number of hydrogen-bond donors (Lipinski definition) is 1. The van der Waals surface area contributed by atoms with E-state index in [1.165, 1.54) is 0 Å². The highest BCUT2D eigenvalue weighted by molar-refractivity contribution is 8.01. The summed E-state index contributed by atoms with van der Waals surface area (Å²) in [6, 6.07) is 0.367. The van der Waals surface area contributed by atoms with Crippen LogP contribution in [0.2, 0.25) is 0 Å². The Morgan fingerprint density at radius 3 is 2.53 bits per heavy atom. The van der Waals surface area contributed by atoms with Crippen LogP contribution in [0.15, 0.2) is 0 Å². The molecule has 1 saturated heterocycles. The zero-order valence-corrected chi connectivity index (χ0v) is 10.9. The highest BCUT2D eigenvalue weighted by atomic mass is 32.2. The van der Waals surface area contributed by atoms with Crippen molar-refractivity contribution < 1.29 is 4.79 Å². The third-order valence-corrected chi connectivity index (χ3v) is 4.02. The van der Waals surface area contributed by atoms with Crippen LogP contribution >= 0.6 is 11.8 Å². The molecule has 1 fully saturated rings. The second kappa shape index (κ2) is 4.74. The fourth-order valence-corrected chi connectivity index (χ4v) is 2.40. The van der Waals surface area contributed by atoms with E-state index in [0.717, 1.165) is 13.0 Å². The number of nitrogens with zero attached hydrogens (tertiary/aromatic N) is 1. The molecule has 0 aromatic rings. The molecule has 0 aliphatic carbocycles. The van der Waals surface area contributed by atoms with Crippen LogP contribution in [-0.4, -0.2) is 39.9 Å². The van der Waals surface area contributed by atoms with Crippen molar-refractivity contribution in [2.24, 2.45) is 5.73 Å². The lowest BCUT2D eigenvalue weighted by Gasteiger charge is -2.25. The second-order valence-electron chi connectivity index (χ2n) is 5.18. The van der Waals surface area contributed by atoms with Crippen molar-refractivity contribution in [2.75, 3.05) is 12.3 Å². The van der Waals surface area contributed by atoms with Gasteiger partial charge in [-0.15, -0.1) is 11.8 Å². The number of carbonyl (C=O) groups excluding carboxylic acids is 1. The van der Waals surface area contributed by atoms with E-state index in [9.17, 15) is 4.79 Å². The molecule has 1 aliphatic rings. The van der Waals surface area contributed by atoms with Crippen LogP contribution in [-0.2, 0) is 4.79 Å². The molecule has 0 aromatic carbocycles. The molecule has 15 heavy (non-hydrogen) atoms. The van der Waals surface area contributed by atoms with Gasteiger partial charge in [-0.1, -0.05) is 20.8 Å². The van der Waals surface area contributed by atoms with Gasteiger partial charge in [0.25, 0.3) is 0 Å². The van der Waals surface area contributed by atoms with Crippen molar-refractivity contribution >= 4 is 17.7 Å². The first-order valence-corrected chi connectivity index (χ1v) is 6.49. The Bertz CT molecular complexity index is 237. The van der Waals surface area contributed by atoms with E-state index in [4.69, 9.17) is 5.73 Å². The molecule has 3 nitrogen and oxygen atoms in total. The van der Waals surface area contributed by atoms with Crippen molar-refractivity contribution in [2.45, 2.75) is 50.9 Å². The fraction of sp³-hybridized carbons (Fsp3) is 0.909. The SMILES string of the molecule is CC1C(N)CCN1C(=O)CSC(C)(C)C. The normalized spacial score (nSPS) is 27.1. The molecule has 2 unspecified atom stereocenters. The standard InChI is InChI=1S/C11H22N2OS/c1-8-9(12)5-6-13(8)10(14)7-15-11(2,3)4/h8-9H,5-7,12H2,1-4H3. The summed E-state index contributed by atoms with van der Waals surface area (Å²) in [5.74, 6) is 0.802. The summed E-state index contributed by atoms with van der Waals surface area (Å²) in [4.78, 5) is 13.8. The molecule has 1 heterocycles. The van der Waals surface area contributed by atoms with Crippen molar-refractivity contribution in [3.05, 3.63) is 0 Å². The highest BCUT2D eigenvalue weighted by Gasteiger charge is 2.31. The lowest BCUT2D eigenvalue weighted by Crippen LogP contribution is -2.41. The van der Waals surface area contributed by atoms with Gasteiger partial charge in [0, 0.05) is 23.4 Å². The summed E-state index contributed by atoms with van der Waals surface area (Å²) >= 11 is 1.70. The number of hydrogen-bond acceptors (Lipinski definition) is 3. The van der Waals surface area contributed by atoms with E-state index in [1.54, 1.807) is 11.8 Å². The number of nitrogens with two attached hydrogens (primary N) is 1. The van der Waals surface area contributed by atoms with Crippen LogP contribution in [0.1, 0.15) is 34.1 Å². The number of rotatable bonds is 2. The van der Waals surface area contributed by atoms with Crippen LogP contribution in [0.3, 0.4) is 0 Å². The molecule has 1 aliphatic heterocycles. The maximum Gasteiger partial charge on any atom is 0.232 e. The quantitative estimate of drug-likeness (QED) is 0.781. The first-order chi connectivity index (χ1) is 6.81. The molecule has 0 bridgehead atoms. The van der Waals surface area contributed by atoms with Gasteiger partial charge in [-0.3, -0.25) is 4.79 Å². The topological polar surface area (TPSA) is 46.3 Å². The Balaban J connectivity index is 2.41. The van der Waals surface area contributed by atoms with Gasteiger partial charge < -0.3 is 10.6 Å². The Kier molecular flexibility index (Phi) is 4.06. The van der Waals surface area contributed by atoms with E-state index in [2.05, 4.69) is 20.8 Å². The van der Waals surface area contributed by atoms with Gasteiger partial charge in [-0.2, -0.15) is 0 Å². The van der Waals surface area contributed by atoms with Crippen LogP contribution < -0.4 is 5.73 Å². The molecule has 2 atom stereocenters. The van der Waals surface area contributed by atoms with E-state index in [-0.39, 0.29) is 22.7 Å². The number of amides is 1. The molecule has 0 saturated carbocycles. The zero-order chi connectivity index (χ0) is 11.6. The lowest BCUT2D eigenvalue weighted by molar-refractivity contribution is -0.128. The highest BCUT2D eigenvalue weighted by Crippen LogP contribution is 2.25. The first kappa shape index (κ1) is 12.8. The Labute approximate surface area is 96.8 Å². The van der Waals surface area contributed by atoms with Crippen molar-refractivity contribution in [1.82, 2.24) is 4.90 Å². The second-order valence-corrected chi connectivity index (χ2v) is 6.98. The van der Waals surface area contributed by atoms with E-state index >= 15 is 0 Å². The van der Waals surface area contributed by atoms with Crippen molar-refractivity contribution in [3.63, 3.8) is 0 Å². The number of likely N-dealkylation sites (tertiary alicyclic amines) is 1. The first-order valence-electron chi connectivity index (χ1n) is 5.50. The summed E-state index contributed by atoms with van der Waals surface area (Å²) in [6.45, 7) is 9.25. The lowest BCUT2D eigenvalue weighted by atomic mass is 10.2. The number of thioether (sulfide) groups is 1. The fourth-order valence-electron chi connectivity index (χ4n) is 1.68. The van der Waals surface area contributed by atoms with Crippen LogP contribution in [0.4, 0.5) is 0 Å². The largest absolute Gasteiger partial charge is 0.338 e. The summed E-state index contributed by atoms with van der Waals surface area (Å²) in [6.07, 6.45) is 0.938. The summed E-state index contributed by atoms with van der Waals surface area (Å²) in [7, 11) is 0. The van der Waals surface area contributed by atoms with Crippen molar-refractivity contribution in [1.29, 1.82) is 0 Å². The third-order valence-electron chi connectivity index (χ3n) is 2.76. The molecule has 2 N–H and O–H groups in total. The van der Waals surface area contributed by atoms with Gasteiger partial charge in [0.05, 0.1) is 5.75 Å². The van der Waals surface area contributed by atoms with E-state index < -0.39 is 0 Å². The van der Waals surface area contributed by atoms with Gasteiger partial charge in [0.2, 0.25) is 5.91 Å². The Morgan fingerprint density at radius 1 is 1.53 bits per heavy atom. The van der Waals surface area contributed by atoms with Gasteiger partial charge in [-0.05, 0) is 13.3 Å². The number of carbonyl (C=O) groups is 1. The molecule has 0 spiro atoms. The zero-order valence-electron chi connectivity index (χ0n) is 10.1. The average Bonchev–Trinajstić information content (AvgIpc) is 2.43. The van der Waals surface area contributed by atoms with E-state index in [0.29, 0.717) is 5.75 Å². The molecule has 1 rings (SSSR count). The molecule has 1 amide bonds. The van der Waals surface area contributed by atoms with Gasteiger partial charge in [-0.25, -0.2) is 0 Å². The Hall–Kier alpha value is -0.220. The monoisotopic (exact) mass is 230 g/mol. The van der Waals surface area contributed by atoms with Gasteiger partial charge in [0.1, 0.15) is 0 Å². The van der Waals surface area contributed by atoms with Crippen LogP contribution in [0.25, 0.3) is 0 Å².